The molecule has 3 rings (SSSR count). The average molecular weight is 238 g/mol. The summed E-state index contributed by atoms with van der Waals surface area (Å²) in [6.07, 6.45) is 8.75. The van der Waals surface area contributed by atoms with E-state index in [1.54, 1.807) is 0 Å². The molecule has 17 heavy (non-hydrogen) atoms. The predicted octanol–water partition coefficient (Wildman–Crippen LogP) is 1.46. The van der Waals surface area contributed by atoms with Gasteiger partial charge in [-0.3, -0.25) is 9.80 Å². The first-order valence-corrected chi connectivity index (χ1v) is 7.40. The maximum Gasteiger partial charge on any atom is 0.0695 e. The fourth-order valence-electron chi connectivity index (χ4n) is 4.15. The largest absolute Gasteiger partial charge is 0.391 e. The van der Waals surface area contributed by atoms with Gasteiger partial charge in [0, 0.05) is 31.2 Å². The lowest BCUT2D eigenvalue weighted by molar-refractivity contribution is 0.0161. The van der Waals surface area contributed by atoms with E-state index in [0.717, 1.165) is 18.5 Å². The van der Waals surface area contributed by atoms with Gasteiger partial charge in [0.2, 0.25) is 0 Å². The van der Waals surface area contributed by atoms with Crippen LogP contribution in [-0.4, -0.2) is 59.3 Å². The van der Waals surface area contributed by atoms with Gasteiger partial charge in [-0.05, 0) is 39.2 Å². The van der Waals surface area contributed by atoms with Crippen LogP contribution in [0.3, 0.4) is 0 Å². The quantitative estimate of drug-likeness (QED) is 0.749. The van der Waals surface area contributed by atoms with Crippen molar-refractivity contribution in [1.29, 1.82) is 0 Å². The summed E-state index contributed by atoms with van der Waals surface area (Å²) in [5.74, 6) is 0. The van der Waals surface area contributed by atoms with Gasteiger partial charge in [-0.15, -0.1) is 0 Å². The van der Waals surface area contributed by atoms with Crippen LogP contribution in [-0.2, 0) is 0 Å². The Morgan fingerprint density at radius 1 is 0.941 bits per heavy atom. The smallest absolute Gasteiger partial charge is 0.0695 e. The Kier molecular flexibility index (Phi) is 3.42. The van der Waals surface area contributed by atoms with E-state index in [4.69, 9.17) is 0 Å². The van der Waals surface area contributed by atoms with Gasteiger partial charge in [-0.1, -0.05) is 12.8 Å². The summed E-state index contributed by atoms with van der Waals surface area (Å²) >= 11 is 0. The Balaban J connectivity index is 1.68. The molecule has 2 heterocycles. The van der Waals surface area contributed by atoms with E-state index >= 15 is 0 Å². The molecule has 2 aliphatic heterocycles. The van der Waals surface area contributed by atoms with Crippen LogP contribution in [0.5, 0.6) is 0 Å². The second kappa shape index (κ2) is 4.87. The molecular formula is C14H26N2O. The van der Waals surface area contributed by atoms with Crippen molar-refractivity contribution in [2.24, 2.45) is 0 Å². The molecule has 0 spiro atoms. The van der Waals surface area contributed by atoms with E-state index in [0.29, 0.717) is 6.04 Å². The summed E-state index contributed by atoms with van der Waals surface area (Å²) in [7, 11) is 2.29. The molecule has 2 saturated heterocycles. The Morgan fingerprint density at radius 3 is 2.53 bits per heavy atom. The molecule has 3 heteroatoms. The average Bonchev–Trinajstić information content (AvgIpc) is 2.55. The topological polar surface area (TPSA) is 26.7 Å². The molecule has 1 saturated carbocycles. The van der Waals surface area contributed by atoms with Crippen LogP contribution in [0.2, 0.25) is 0 Å². The molecule has 2 unspecified atom stereocenters. The highest BCUT2D eigenvalue weighted by Crippen LogP contribution is 2.32. The molecule has 0 radical (unpaired) electrons. The maximum absolute atomic E-state index is 10.2. The second-order valence-electron chi connectivity index (χ2n) is 6.25. The lowest BCUT2D eigenvalue weighted by Crippen LogP contribution is -2.48. The van der Waals surface area contributed by atoms with Crippen molar-refractivity contribution >= 4 is 0 Å². The van der Waals surface area contributed by atoms with Gasteiger partial charge in [0.25, 0.3) is 0 Å². The monoisotopic (exact) mass is 238 g/mol. The van der Waals surface area contributed by atoms with Crippen molar-refractivity contribution in [3.63, 3.8) is 0 Å². The SMILES string of the molecule is CN1C2CCC1CN([C@@H]1CCCC[C@H]1O)CC2. The lowest BCUT2D eigenvalue weighted by Gasteiger charge is -2.38. The second-order valence-corrected chi connectivity index (χ2v) is 6.25. The highest BCUT2D eigenvalue weighted by atomic mass is 16.3. The number of likely N-dealkylation sites (tertiary alicyclic amines) is 1. The predicted molar refractivity (Wildman–Crippen MR) is 69.0 cm³/mol. The van der Waals surface area contributed by atoms with E-state index in [1.165, 1.54) is 51.6 Å². The van der Waals surface area contributed by atoms with Crippen LogP contribution in [0.4, 0.5) is 0 Å². The number of nitrogens with zero attached hydrogens (tertiary/aromatic N) is 2. The third-order valence-electron chi connectivity index (χ3n) is 5.34. The van der Waals surface area contributed by atoms with E-state index in [9.17, 15) is 5.11 Å². The van der Waals surface area contributed by atoms with Gasteiger partial charge in [0.1, 0.15) is 0 Å². The number of rotatable bonds is 1. The van der Waals surface area contributed by atoms with Crippen molar-refractivity contribution in [3.8, 4) is 0 Å². The molecule has 3 aliphatic rings. The number of aliphatic hydroxyl groups is 1. The Hall–Kier alpha value is -0.120. The molecule has 1 aliphatic carbocycles. The van der Waals surface area contributed by atoms with E-state index in [1.807, 2.05) is 0 Å². The molecule has 98 valence electrons. The Morgan fingerprint density at radius 2 is 1.71 bits per heavy atom. The van der Waals surface area contributed by atoms with E-state index in [2.05, 4.69) is 16.8 Å². The fourth-order valence-corrected chi connectivity index (χ4v) is 4.15. The molecule has 0 aromatic carbocycles. The third-order valence-corrected chi connectivity index (χ3v) is 5.34. The Labute approximate surface area is 105 Å². The van der Waals surface area contributed by atoms with Gasteiger partial charge < -0.3 is 5.11 Å². The van der Waals surface area contributed by atoms with Crippen molar-refractivity contribution in [2.75, 3.05) is 20.1 Å². The molecule has 0 aromatic heterocycles. The van der Waals surface area contributed by atoms with E-state index < -0.39 is 0 Å². The molecule has 2 bridgehead atoms. The van der Waals surface area contributed by atoms with Crippen LogP contribution in [0.25, 0.3) is 0 Å². The van der Waals surface area contributed by atoms with Gasteiger partial charge in [-0.25, -0.2) is 0 Å². The first-order valence-electron chi connectivity index (χ1n) is 7.40. The maximum atomic E-state index is 10.2. The molecular weight excluding hydrogens is 212 g/mol. The highest BCUT2D eigenvalue weighted by molar-refractivity contribution is 4.94. The molecule has 3 nitrogen and oxygen atoms in total. The molecule has 3 fully saturated rings. The van der Waals surface area contributed by atoms with Crippen LogP contribution < -0.4 is 0 Å². The number of fused-ring (bicyclic) bond motifs is 2. The zero-order valence-electron chi connectivity index (χ0n) is 11.0. The fraction of sp³-hybridized carbons (Fsp3) is 1.00. The first-order chi connectivity index (χ1) is 8.25. The summed E-state index contributed by atoms with van der Waals surface area (Å²) in [6, 6.07) is 2.01. The highest BCUT2D eigenvalue weighted by Gasteiger charge is 2.38. The standard InChI is InChI=1S/C14H26N2O/c1-15-11-6-7-12(15)10-16(9-8-11)13-4-2-3-5-14(13)17/h11-14,17H,2-10H2,1H3/t11?,12?,13-,14-/m1/s1. The van der Waals surface area contributed by atoms with Crippen LogP contribution in [0.1, 0.15) is 44.9 Å². The van der Waals surface area contributed by atoms with Gasteiger partial charge in [-0.2, -0.15) is 0 Å². The zero-order chi connectivity index (χ0) is 11.8. The van der Waals surface area contributed by atoms with Gasteiger partial charge in [0.05, 0.1) is 6.10 Å². The number of hydrogen-bond acceptors (Lipinski definition) is 3. The summed E-state index contributed by atoms with van der Waals surface area (Å²) in [5.41, 5.74) is 0. The number of likely N-dealkylation sites (N-methyl/N-ethyl adjacent to an activating group) is 1. The number of hydrogen-bond donors (Lipinski definition) is 1. The van der Waals surface area contributed by atoms with Crippen LogP contribution >= 0.6 is 0 Å². The van der Waals surface area contributed by atoms with Crippen molar-refractivity contribution in [3.05, 3.63) is 0 Å². The molecule has 0 amide bonds. The lowest BCUT2D eigenvalue weighted by atomic mass is 9.90. The third kappa shape index (κ3) is 2.25. The van der Waals surface area contributed by atoms with Crippen molar-refractivity contribution in [1.82, 2.24) is 9.80 Å². The molecule has 4 atom stereocenters. The molecule has 0 aromatic rings. The minimum atomic E-state index is -0.0642. The van der Waals surface area contributed by atoms with Crippen LogP contribution in [0, 0.1) is 0 Å². The summed E-state index contributed by atoms with van der Waals surface area (Å²) in [5, 5.41) is 10.2. The summed E-state index contributed by atoms with van der Waals surface area (Å²) in [6.45, 7) is 2.39. The van der Waals surface area contributed by atoms with Gasteiger partial charge in [0.15, 0.2) is 0 Å². The Bertz CT molecular complexity index is 271. The van der Waals surface area contributed by atoms with Crippen molar-refractivity contribution < 1.29 is 5.11 Å². The van der Waals surface area contributed by atoms with E-state index in [-0.39, 0.29) is 6.10 Å². The number of aliphatic hydroxyl groups excluding tert-OH is 1. The van der Waals surface area contributed by atoms with Gasteiger partial charge >= 0.3 is 0 Å². The summed E-state index contributed by atoms with van der Waals surface area (Å²) in [4.78, 5) is 5.19. The van der Waals surface area contributed by atoms with Crippen molar-refractivity contribution in [2.45, 2.75) is 69.2 Å². The summed E-state index contributed by atoms with van der Waals surface area (Å²) < 4.78 is 0. The minimum Gasteiger partial charge on any atom is -0.391 e. The van der Waals surface area contributed by atoms with Crippen LogP contribution in [0.15, 0.2) is 0 Å². The zero-order valence-corrected chi connectivity index (χ0v) is 11.0. The minimum absolute atomic E-state index is 0.0642. The normalized spacial score (nSPS) is 44.8. The molecule has 1 N–H and O–H groups in total. The first kappa shape index (κ1) is 11.9.